The van der Waals surface area contributed by atoms with Crippen molar-refractivity contribution in [2.75, 3.05) is 11.4 Å². The molecule has 0 bridgehead atoms. The Hall–Kier alpha value is -3.41. The van der Waals surface area contributed by atoms with E-state index < -0.39 is 0 Å². The molecule has 1 unspecified atom stereocenters. The largest absolute Gasteiger partial charge is 0.345 e. The van der Waals surface area contributed by atoms with Crippen LogP contribution in [0.2, 0.25) is 0 Å². The highest BCUT2D eigenvalue weighted by Crippen LogP contribution is 2.41. The number of nitrogens with one attached hydrogen (secondary N) is 1. The van der Waals surface area contributed by atoms with Gasteiger partial charge in [-0.05, 0) is 55.0 Å². The molecule has 1 N–H and O–H groups in total. The molecule has 1 saturated heterocycles. The van der Waals surface area contributed by atoms with Crippen molar-refractivity contribution in [3.8, 4) is 5.69 Å². The van der Waals surface area contributed by atoms with Crippen LogP contribution in [0.1, 0.15) is 60.8 Å². The molecule has 1 fully saturated rings. The van der Waals surface area contributed by atoms with Crippen LogP contribution in [0, 0.1) is 5.41 Å². The van der Waals surface area contributed by atoms with Crippen molar-refractivity contribution < 1.29 is 9.59 Å². The molecule has 1 aliphatic carbocycles. The highest BCUT2D eigenvalue weighted by molar-refractivity contribution is 5.99. The number of aromatic nitrogens is 2. The summed E-state index contributed by atoms with van der Waals surface area (Å²) < 4.78 is 2.00. The third kappa shape index (κ3) is 3.81. The fraction of sp³-hybridized carbons (Fsp3) is 0.346. The quantitative estimate of drug-likeness (QED) is 0.668. The summed E-state index contributed by atoms with van der Waals surface area (Å²) >= 11 is 0. The van der Waals surface area contributed by atoms with Crippen molar-refractivity contribution in [2.45, 2.75) is 45.6 Å². The number of anilines is 1. The molecule has 6 nitrogen and oxygen atoms in total. The topological polar surface area (TPSA) is 67.2 Å². The number of para-hydroxylation sites is 1. The number of carbonyl (C=O) groups excluding carboxylic acids is 2. The van der Waals surface area contributed by atoms with Crippen LogP contribution >= 0.6 is 0 Å². The van der Waals surface area contributed by atoms with Crippen LogP contribution in [0.25, 0.3) is 5.69 Å². The maximum atomic E-state index is 13.2. The number of nitrogens with zero attached hydrogens (tertiary/aromatic N) is 3. The van der Waals surface area contributed by atoms with Gasteiger partial charge >= 0.3 is 0 Å². The molecule has 1 aromatic heterocycles. The van der Waals surface area contributed by atoms with Gasteiger partial charge in [0, 0.05) is 29.8 Å². The summed E-state index contributed by atoms with van der Waals surface area (Å²) in [5.41, 5.74) is 4.65. The van der Waals surface area contributed by atoms with Crippen molar-refractivity contribution >= 4 is 17.5 Å². The average molecular weight is 429 g/mol. The average Bonchev–Trinajstić information content (AvgIpc) is 3.40. The number of carbonyl (C=O) groups is 2. The molecule has 164 valence electrons. The predicted octanol–water partition coefficient (Wildman–Crippen LogP) is 4.44. The lowest BCUT2D eigenvalue weighted by Crippen LogP contribution is -2.37. The lowest BCUT2D eigenvalue weighted by molar-refractivity contribution is -0.117. The van der Waals surface area contributed by atoms with Crippen LogP contribution < -0.4 is 10.2 Å². The number of hydrogen-bond donors (Lipinski definition) is 1. The molecule has 2 heterocycles. The zero-order valence-electron chi connectivity index (χ0n) is 18.5. The molecule has 3 aromatic rings. The van der Waals surface area contributed by atoms with Gasteiger partial charge in [-0.3, -0.25) is 9.59 Å². The Bertz CT molecular complexity index is 1170. The second-order valence-corrected chi connectivity index (χ2v) is 9.56. The van der Waals surface area contributed by atoms with E-state index in [4.69, 9.17) is 0 Å². The Morgan fingerprint density at radius 3 is 2.62 bits per heavy atom. The lowest BCUT2D eigenvalue weighted by Gasteiger charge is -2.36. The molecule has 6 heteroatoms. The Labute approximate surface area is 188 Å². The zero-order chi connectivity index (χ0) is 22.3. The first-order valence-electron chi connectivity index (χ1n) is 11.2. The standard InChI is InChI=1S/C26H28N4O2/c1-26(2)15-22(21-17-27-30(23(21)16-26)19-9-4-3-5-10-19)28-25(32)18-8-6-11-20(14-18)29-13-7-12-24(29)31/h3-6,8-11,14,17,22H,7,12-13,15-16H2,1-2H3,(H,28,32). The molecule has 2 amide bonds. The maximum absolute atomic E-state index is 13.2. The second-order valence-electron chi connectivity index (χ2n) is 9.56. The minimum absolute atomic E-state index is 0.0291. The second kappa shape index (κ2) is 7.93. The Balaban J connectivity index is 1.42. The third-order valence-corrected chi connectivity index (χ3v) is 6.48. The van der Waals surface area contributed by atoms with Crippen LogP contribution in [-0.4, -0.2) is 28.1 Å². The Morgan fingerprint density at radius 2 is 1.88 bits per heavy atom. The van der Waals surface area contributed by atoms with Gasteiger partial charge in [0.2, 0.25) is 5.91 Å². The zero-order valence-corrected chi connectivity index (χ0v) is 18.5. The van der Waals surface area contributed by atoms with Gasteiger partial charge in [0.1, 0.15) is 0 Å². The van der Waals surface area contributed by atoms with Crippen LogP contribution in [0.3, 0.4) is 0 Å². The molecule has 2 aromatic carbocycles. The number of hydrogen-bond acceptors (Lipinski definition) is 3. The van der Waals surface area contributed by atoms with E-state index in [1.807, 2.05) is 65.5 Å². The molecule has 1 atom stereocenters. The van der Waals surface area contributed by atoms with E-state index in [1.54, 1.807) is 4.90 Å². The molecule has 32 heavy (non-hydrogen) atoms. The summed E-state index contributed by atoms with van der Waals surface area (Å²) in [5, 5.41) is 7.90. The summed E-state index contributed by atoms with van der Waals surface area (Å²) in [5.74, 6) is -0.00540. The normalized spacial score (nSPS) is 19.6. The summed E-state index contributed by atoms with van der Waals surface area (Å²) in [6.07, 6.45) is 5.07. The van der Waals surface area contributed by atoms with Crippen LogP contribution in [0.15, 0.2) is 60.8 Å². The minimum atomic E-state index is -0.125. The summed E-state index contributed by atoms with van der Waals surface area (Å²) in [6.45, 7) is 5.18. The molecule has 0 saturated carbocycles. The molecule has 2 aliphatic rings. The highest BCUT2D eigenvalue weighted by Gasteiger charge is 2.36. The molecule has 0 radical (unpaired) electrons. The van der Waals surface area contributed by atoms with E-state index in [1.165, 1.54) is 0 Å². The molecular weight excluding hydrogens is 400 g/mol. The van der Waals surface area contributed by atoms with E-state index in [9.17, 15) is 9.59 Å². The highest BCUT2D eigenvalue weighted by atomic mass is 16.2. The maximum Gasteiger partial charge on any atom is 0.251 e. The van der Waals surface area contributed by atoms with Gasteiger partial charge in [-0.1, -0.05) is 38.1 Å². The number of rotatable bonds is 4. The fourth-order valence-corrected chi connectivity index (χ4v) is 4.94. The van der Waals surface area contributed by atoms with Crippen molar-refractivity contribution in [1.82, 2.24) is 15.1 Å². The van der Waals surface area contributed by atoms with Crippen LogP contribution in [0.4, 0.5) is 5.69 Å². The SMILES string of the molecule is CC1(C)Cc2c(cnn2-c2ccccc2)C(NC(=O)c2cccc(N3CCCC3=O)c2)C1. The number of fused-ring (bicyclic) bond motifs is 1. The molecular formula is C26H28N4O2. The van der Waals surface area contributed by atoms with Crippen molar-refractivity contribution in [3.05, 3.63) is 77.6 Å². The van der Waals surface area contributed by atoms with Crippen molar-refractivity contribution in [1.29, 1.82) is 0 Å². The summed E-state index contributed by atoms with van der Waals surface area (Å²) in [6, 6.07) is 17.4. The lowest BCUT2D eigenvalue weighted by atomic mass is 9.74. The van der Waals surface area contributed by atoms with Gasteiger partial charge in [-0.15, -0.1) is 0 Å². The van der Waals surface area contributed by atoms with E-state index in [2.05, 4.69) is 24.3 Å². The predicted molar refractivity (Wildman–Crippen MR) is 124 cm³/mol. The van der Waals surface area contributed by atoms with Gasteiger partial charge < -0.3 is 10.2 Å². The smallest absolute Gasteiger partial charge is 0.251 e. The Morgan fingerprint density at radius 1 is 1.09 bits per heavy atom. The molecule has 1 aliphatic heterocycles. The van der Waals surface area contributed by atoms with E-state index >= 15 is 0 Å². The van der Waals surface area contributed by atoms with Crippen molar-refractivity contribution in [2.24, 2.45) is 5.41 Å². The van der Waals surface area contributed by atoms with Crippen LogP contribution in [-0.2, 0) is 11.2 Å². The van der Waals surface area contributed by atoms with Crippen molar-refractivity contribution in [3.63, 3.8) is 0 Å². The fourth-order valence-electron chi connectivity index (χ4n) is 4.94. The molecule has 5 rings (SSSR count). The summed E-state index contributed by atoms with van der Waals surface area (Å²) in [7, 11) is 0. The minimum Gasteiger partial charge on any atom is -0.345 e. The van der Waals surface area contributed by atoms with Gasteiger partial charge in [0.05, 0.1) is 23.6 Å². The number of amides is 2. The van der Waals surface area contributed by atoms with Gasteiger partial charge in [-0.25, -0.2) is 4.68 Å². The first kappa shape index (κ1) is 20.5. The van der Waals surface area contributed by atoms with Crippen LogP contribution in [0.5, 0.6) is 0 Å². The first-order valence-corrected chi connectivity index (χ1v) is 11.2. The monoisotopic (exact) mass is 428 g/mol. The van der Waals surface area contributed by atoms with E-state index in [-0.39, 0.29) is 23.3 Å². The van der Waals surface area contributed by atoms with Gasteiger partial charge in [0.15, 0.2) is 0 Å². The Kier molecular flexibility index (Phi) is 5.08. The van der Waals surface area contributed by atoms with Gasteiger partial charge in [0.25, 0.3) is 5.91 Å². The van der Waals surface area contributed by atoms with E-state index in [0.717, 1.165) is 41.9 Å². The van der Waals surface area contributed by atoms with Gasteiger partial charge in [-0.2, -0.15) is 5.10 Å². The number of benzene rings is 2. The third-order valence-electron chi connectivity index (χ3n) is 6.48. The first-order chi connectivity index (χ1) is 15.4. The summed E-state index contributed by atoms with van der Waals surface area (Å²) in [4.78, 5) is 27.1. The van der Waals surface area contributed by atoms with E-state index in [0.29, 0.717) is 18.5 Å². The molecule has 0 spiro atoms.